The van der Waals surface area contributed by atoms with Gasteiger partial charge in [-0.25, -0.2) is 0 Å². The Morgan fingerprint density at radius 3 is 2.82 bits per heavy atom. The zero-order valence-electron chi connectivity index (χ0n) is 11.4. The van der Waals surface area contributed by atoms with Crippen molar-refractivity contribution in [3.63, 3.8) is 0 Å². The Kier molecular flexibility index (Phi) is 6.97. The fourth-order valence-corrected chi connectivity index (χ4v) is 3.48. The minimum Gasteiger partial charge on any atom is -0.348 e. The lowest BCUT2D eigenvalue weighted by Crippen LogP contribution is -2.32. The van der Waals surface area contributed by atoms with Gasteiger partial charge < -0.3 is 10.2 Å². The highest BCUT2D eigenvalue weighted by molar-refractivity contribution is 7.99. The summed E-state index contributed by atoms with van der Waals surface area (Å²) in [6.07, 6.45) is 5.31. The van der Waals surface area contributed by atoms with Crippen molar-refractivity contribution >= 4 is 17.7 Å². The molecule has 4 heteroatoms. The monoisotopic (exact) mass is 258 g/mol. The topological polar surface area (TPSA) is 32.3 Å². The van der Waals surface area contributed by atoms with E-state index >= 15 is 0 Å². The molecule has 0 heterocycles. The summed E-state index contributed by atoms with van der Waals surface area (Å²) in [5, 5.41) is 3.58. The van der Waals surface area contributed by atoms with E-state index in [1.54, 1.807) is 16.7 Å². The van der Waals surface area contributed by atoms with Crippen LogP contribution in [-0.2, 0) is 4.79 Å². The van der Waals surface area contributed by atoms with Gasteiger partial charge in [-0.05, 0) is 37.5 Å². The van der Waals surface area contributed by atoms with Crippen molar-refractivity contribution in [3.8, 4) is 0 Å². The predicted molar refractivity (Wildman–Crippen MR) is 75.4 cm³/mol. The highest BCUT2D eigenvalue weighted by Gasteiger charge is 2.25. The molecule has 2 atom stereocenters. The Labute approximate surface area is 110 Å². The number of rotatable bonds is 7. The molecule has 0 aliphatic heterocycles. The molecule has 17 heavy (non-hydrogen) atoms. The Hall–Kier alpha value is -0.220. The Morgan fingerprint density at radius 2 is 2.18 bits per heavy atom. The van der Waals surface area contributed by atoms with Crippen molar-refractivity contribution in [2.75, 3.05) is 32.1 Å². The molecule has 1 aliphatic rings. The van der Waals surface area contributed by atoms with Gasteiger partial charge in [-0.2, -0.15) is 11.8 Å². The summed E-state index contributed by atoms with van der Waals surface area (Å²) in [5.41, 5.74) is 0. The number of nitrogens with one attached hydrogen (secondary N) is 1. The first-order valence-corrected chi connectivity index (χ1v) is 7.82. The number of hydrogen-bond donors (Lipinski definition) is 1. The minimum absolute atomic E-state index is 0.227. The molecule has 0 aromatic carbocycles. The smallest absolute Gasteiger partial charge is 0.232 e. The Morgan fingerprint density at radius 1 is 1.41 bits per heavy atom. The molecular formula is C13H26N2OS. The number of nitrogens with zero attached hydrogens (tertiary/aromatic N) is 1. The second-order valence-electron chi connectivity index (χ2n) is 4.98. The molecule has 1 amide bonds. The zero-order chi connectivity index (χ0) is 12.7. The van der Waals surface area contributed by atoms with Crippen LogP contribution in [0, 0.1) is 5.92 Å². The molecule has 0 radical (unpaired) electrons. The minimum atomic E-state index is 0.227. The van der Waals surface area contributed by atoms with E-state index < -0.39 is 0 Å². The first kappa shape index (κ1) is 14.8. The lowest BCUT2D eigenvalue weighted by molar-refractivity contribution is -0.125. The summed E-state index contributed by atoms with van der Waals surface area (Å²) in [6, 6.07) is 0.727. The fourth-order valence-electron chi connectivity index (χ4n) is 2.44. The van der Waals surface area contributed by atoms with Crippen LogP contribution in [0.1, 0.15) is 32.6 Å². The highest BCUT2D eigenvalue weighted by Crippen LogP contribution is 2.29. The van der Waals surface area contributed by atoms with Crippen LogP contribution >= 0.6 is 11.8 Å². The van der Waals surface area contributed by atoms with E-state index in [0.29, 0.717) is 5.75 Å². The molecule has 3 nitrogen and oxygen atoms in total. The standard InChI is InChI=1S/C13H26N2OS/c1-4-14-12-7-5-6-11(12)8-9-17-10-13(16)15(2)3/h11-12,14H,4-10H2,1-3H3. The summed E-state index contributed by atoms with van der Waals surface area (Å²) in [7, 11) is 3.64. The largest absolute Gasteiger partial charge is 0.348 e. The first-order valence-electron chi connectivity index (χ1n) is 6.66. The molecule has 2 unspecified atom stereocenters. The van der Waals surface area contributed by atoms with Gasteiger partial charge in [-0.1, -0.05) is 13.3 Å². The summed E-state index contributed by atoms with van der Waals surface area (Å²) in [5.74, 6) is 2.80. The number of thioether (sulfide) groups is 1. The van der Waals surface area contributed by atoms with Gasteiger partial charge in [0.15, 0.2) is 0 Å². The van der Waals surface area contributed by atoms with Gasteiger partial charge >= 0.3 is 0 Å². The van der Waals surface area contributed by atoms with Crippen LogP contribution in [0.15, 0.2) is 0 Å². The van der Waals surface area contributed by atoms with E-state index in [0.717, 1.165) is 24.3 Å². The Balaban J connectivity index is 2.11. The molecule has 1 rings (SSSR count). The van der Waals surface area contributed by atoms with Crippen LogP contribution in [0.2, 0.25) is 0 Å². The van der Waals surface area contributed by atoms with E-state index in [-0.39, 0.29) is 5.91 Å². The lowest BCUT2D eigenvalue weighted by atomic mass is 10.0. The van der Waals surface area contributed by atoms with Gasteiger partial charge in [0.25, 0.3) is 0 Å². The average molecular weight is 258 g/mol. The summed E-state index contributed by atoms with van der Waals surface area (Å²) >= 11 is 1.78. The molecule has 100 valence electrons. The van der Waals surface area contributed by atoms with Crippen molar-refractivity contribution in [3.05, 3.63) is 0 Å². The van der Waals surface area contributed by atoms with Crippen LogP contribution in [0.3, 0.4) is 0 Å². The first-order chi connectivity index (χ1) is 8.15. The van der Waals surface area contributed by atoms with Crippen molar-refractivity contribution in [1.29, 1.82) is 0 Å². The van der Waals surface area contributed by atoms with Gasteiger partial charge in [0.2, 0.25) is 5.91 Å². The lowest BCUT2D eigenvalue weighted by Gasteiger charge is -2.20. The van der Waals surface area contributed by atoms with E-state index in [4.69, 9.17) is 0 Å². The van der Waals surface area contributed by atoms with Gasteiger partial charge in [-0.3, -0.25) is 4.79 Å². The van der Waals surface area contributed by atoms with Crippen molar-refractivity contribution < 1.29 is 4.79 Å². The molecule has 0 spiro atoms. The molecular weight excluding hydrogens is 232 g/mol. The van der Waals surface area contributed by atoms with Gasteiger partial charge in [-0.15, -0.1) is 0 Å². The van der Waals surface area contributed by atoms with Gasteiger partial charge in [0.05, 0.1) is 5.75 Å². The molecule has 0 bridgehead atoms. The molecule has 0 aromatic rings. The van der Waals surface area contributed by atoms with E-state index in [2.05, 4.69) is 12.2 Å². The van der Waals surface area contributed by atoms with Crippen LogP contribution < -0.4 is 5.32 Å². The maximum absolute atomic E-state index is 11.4. The van der Waals surface area contributed by atoms with Crippen LogP contribution in [-0.4, -0.2) is 49.0 Å². The molecule has 1 fully saturated rings. The zero-order valence-corrected chi connectivity index (χ0v) is 12.2. The normalized spacial score (nSPS) is 23.9. The van der Waals surface area contributed by atoms with E-state index in [1.807, 2.05) is 14.1 Å². The van der Waals surface area contributed by atoms with E-state index in [1.165, 1.54) is 25.7 Å². The third-order valence-electron chi connectivity index (χ3n) is 3.48. The molecule has 1 N–H and O–H groups in total. The summed E-state index contributed by atoms with van der Waals surface area (Å²) in [4.78, 5) is 13.1. The van der Waals surface area contributed by atoms with Crippen LogP contribution in [0.4, 0.5) is 0 Å². The fraction of sp³-hybridized carbons (Fsp3) is 0.923. The van der Waals surface area contributed by atoms with Crippen molar-refractivity contribution in [1.82, 2.24) is 10.2 Å². The second kappa shape index (κ2) is 7.98. The third-order valence-corrected chi connectivity index (χ3v) is 4.46. The molecule has 1 aliphatic carbocycles. The molecule has 0 aromatic heterocycles. The summed E-state index contributed by atoms with van der Waals surface area (Å²) in [6.45, 7) is 3.26. The SMILES string of the molecule is CCNC1CCCC1CCSCC(=O)N(C)C. The van der Waals surface area contributed by atoms with Crippen molar-refractivity contribution in [2.24, 2.45) is 5.92 Å². The highest BCUT2D eigenvalue weighted by atomic mass is 32.2. The van der Waals surface area contributed by atoms with E-state index in [9.17, 15) is 4.79 Å². The maximum Gasteiger partial charge on any atom is 0.232 e. The van der Waals surface area contributed by atoms with Gasteiger partial charge in [0, 0.05) is 20.1 Å². The van der Waals surface area contributed by atoms with Crippen LogP contribution in [0.25, 0.3) is 0 Å². The van der Waals surface area contributed by atoms with Gasteiger partial charge in [0.1, 0.15) is 0 Å². The number of carbonyl (C=O) groups excluding carboxylic acids is 1. The second-order valence-corrected chi connectivity index (χ2v) is 6.09. The third kappa shape index (κ3) is 5.30. The Bertz CT molecular complexity index is 233. The number of amides is 1. The van der Waals surface area contributed by atoms with Crippen LogP contribution in [0.5, 0.6) is 0 Å². The summed E-state index contributed by atoms with van der Waals surface area (Å²) < 4.78 is 0. The number of carbonyl (C=O) groups is 1. The molecule has 0 saturated heterocycles. The average Bonchev–Trinajstić information content (AvgIpc) is 2.72. The molecule has 1 saturated carbocycles. The number of hydrogen-bond acceptors (Lipinski definition) is 3. The quantitative estimate of drug-likeness (QED) is 0.709. The maximum atomic E-state index is 11.4. The van der Waals surface area contributed by atoms with Crippen molar-refractivity contribution in [2.45, 2.75) is 38.6 Å². The predicted octanol–water partition coefficient (Wildman–Crippen LogP) is 1.98.